The van der Waals surface area contributed by atoms with Gasteiger partial charge >= 0.3 is 12.1 Å². The first kappa shape index (κ1) is 16.8. The molecule has 0 aromatic rings. The summed E-state index contributed by atoms with van der Waals surface area (Å²) in [6, 6.07) is 0. The van der Waals surface area contributed by atoms with Gasteiger partial charge in [0.2, 0.25) is 0 Å². The van der Waals surface area contributed by atoms with Crippen LogP contribution in [0.5, 0.6) is 0 Å². The summed E-state index contributed by atoms with van der Waals surface area (Å²) in [5, 5.41) is 12.1. The van der Waals surface area contributed by atoms with E-state index >= 15 is 0 Å². The molecular weight excluding hydrogens is 258 g/mol. The van der Waals surface area contributed by atoms with E-state index < -0.39 is 23.2 Å². The van der Waals surface area contributed by atoms with E-state index in [1.807, 2.05) is 6.92 Å². The average Bonchev–Trinajstić information content (AvgIpc) is 2.25. The Labute approximate surface area is 121 Å². The molecule has 1 saturated carbocycles. The van der Waals surface area contributed by atoms with Crippen LogP contribution < -0.4 is 5.32 Å². The molecule has 116 valence electrons. The van der Waals surface area contributed by atoms with Crippen LogP contribution >= 0.6 is 0 Å². The number of carboxylic acid groups (broad SMARTS) is 1. The van der Waals surface area contributed by atoms with E-state index in [4.69, 9.17) is 4.74 Å². The topological polar surface area (TPSA) is 75.6 Å². The fourth-order valence-corrected chi connectivity index (χ4v) is 3.12. The van der Waals surface area contributed by atoms with Gasteiger partial charge in [0.05, 0.1) is 12.0 Å². The second kappa shape index (κ2) is 6.46. The summed E-state index contributed by atoms with van der Waals surface area (Å²) < 4.78 is 5.30. The van der Waals surface area contributed by atoms with Crippen LogP contribution in [0.3, 0.4) is 0 Å². The Morgan fingerprint density at radius 2 is 2.00 bits per heavy atom. The summed E-state index contributed by atoms with van der Waals surface area (Å²) in [6.45, 7) is 7.45. The minimum absolute atomic E-state index is 0.0370. The van der Waals surface area contributed by atoms with Crippen molar-refractivity contribution in [3.63, 3.8) is 0 Å². The molecule has 2 unspecified atom stereocenters. The molecule has 20 heavy (non-hydrogen) atoms. The first-order valence-corrected chi connectivity index (χ1v) is 7.41. The monoisotopic (exact) mass is 285 g/mol. The van der Waals surface area contributed by atoms with Crippen molar-refractivity contribution in [1.82, 2.24) is 5.32 Å². The summed E-state index contributed by atoms with van der Waals surface area (Å²) >= 11 is 0. The van der Waals surface area contributed by atoms with Crippen LogP contribution in [0.15, 0.2) is 0 Å². The molecule has 0 bridgehead atoms. The number of aliphatic carboxylic acids is 1. The maximum Gasteiger partial charge on any atom is 0.408 e. The third-order valence-corrected chi connectivity index (χ3v) is 3.92. The largest absolute Gasteiger partial charge is 0.481 e. The maximum absolute atomic E-state index is 12.0. The van der Waals surface area contributed by atoms with E-state index in [0.717, 1.165) is 25.7 Å². The van der Waals surface area contributed by atoms with Crippen molar-refractivity contribution in [2.75, 3.05) is 0 Å². The van der Waals surface area contributed by atoms with Crippen molar-refractivity contribution < 1.29 is 19.4 Å². The number of nitrogens with one attached hydrogen (secondary N) is 1. The van der Waals surface area contributed by atoms with E-state index in [2.05, 4.69) is 5.32 Å². The van der Waals surface area contributed by atoms with Gasteiger partial charge in [-0.1, -0.05) is 26.2 Å². The van der Waals surface area contributed by atoms with Crippen molar-refractivity contribution in [2.24, 2.45) is 5.92 Å². The van der Waals surface area contributed by atoms with E-state index in [0.29, 0.717) is 6.42 Å². The fourth-order valence-electron chi connectivity index (χ4n) is 3.12. The highest BCUT2D eigenvalue weighted by Crippen LogP contribution is 2.38. The minimum atomic E-state index is -0.874. The van der Waals surface area contributed by atoms with Gasteiger partial charge in [-0.15, -0.1) is 0 Å². The standard InChI is InChI=1S/C15H27NO4/c1-5-11-8-6-7-9-15(11,10-12(17)18)16-13(19)20-14(2,3)4/h11H,5-10H2,1-4H3,(H,16,19)(H,17,18). The second-order valence-corrected chi connectivity index (χ2v) is 6.70. The quantitative estimate of drug-likeness (QED) is 0.830. The number of hydrogen-bond acceptors (Lipinski definition) is 3. The van der Waals surface area contributed by atoms with Crippen LogP contribution in [-0.2, 0) is 9.53 Å². The van der Waals surface area contributed by atoms with Gasteiger partial charge in [0, 0.05) is 0 Å². The van der Waals surface area contributed by atoms with Gasteiger partial charge in [-0.25, -0.2) is 4.79 Å². The molecule has 1 aliphatic rings. The van der Waals surface area contributed by atoms with Gasteiger partial charge in [-0.2, -0.15) is 0 Å². The molecule has 0 spiro atoms. The van der Waals surface area contributed by atoms with E-state index in [-0.39, 0.29) is 12.3 Å². The van der Waals surface area contributed by atoms with Crippen molar-refractivity contribution >= 4 is 12.1 Å². The zero-order valence-electron chi connectivity index (χ0n) is 13.0. The summed E-state index contributed by atoms with van der Waals surface area (Å²) in [7, 11) is 0. The molecule has 0 aromatic carbocycles. The van der Waals surface area contributed by atoms with Gasteiger partial charge in [0.1, 0.15) is 5.60 Å². The van der Waals surface area contributed by atoms with Gasteiger partial charge in [0.15, 0.2) is 0 Å². The van der Waals surface area contributed by atoms with Crippen LogP contribution in [0, 0.1) is 5.92 Å². The summed E-state index contributed by atoms with van der Waals surface area (Å²) in [5.41, 5.74) is -1.24. The molecule has 1 amide bonds. The highest BCUT2D eigenvalue weighted by atomic mass is 16.6. The van der Waals surface area contributed by atoms with Gasteiger partial charge in [0.25, 0.3) is 0 Å². The Bertz CT molecular complexity index is 361. The zero-order valence-corrected chi connectivity index (χ0v) is 13.0. The third kappa shape index (κ3) is 4.69. The SMILES string of the molecule is CCC1CCCCC1(CC(=O)O)NC(=O)OC(C)(C)C. The molecule has 1 aliphatic carbocycles. The second-order valence-electron chi connectivity index (χ2n) is 6.70. The Kier molecular flexibility index (Phi) is 5.42. The molecule has 0 aliphatic heterocycles. The van der Waals surface area contributed by atoms with Crippen LogP contribution in [0.2, 0.25) is 0 Å². The van der Waals surface area contributed by atoms with Crippen molar-refractivity contribution in [2.45, 2.75) is 77.4 Å². The van der Waals surface area contributed by atoms with Gasteiger partial charge in [-0.3, -0.25) is 4.79 Å². The smallest absolute Gasteiger partial charge is 0.408 e. The number of alkyl carbamates (subject to hydrolysis) is 1. The number of carbonyl (C=O) groups excluding carboxylic acids is 1. The first-order chi connectivity index (χ1) is 9.18. The molecular formula is C15H27NO4. The summed E-state index contributed by atoms with van der Waals surface area (Å²) in [5.74, 6) is -0.679. The number of amides is 1. The van der Waals surface area contributed by atoms with Crippen molar-refractivity contribution in [1.29, 1.82) is 0 Å². The Morgan fingerprint density at radius 1 is 1.35 bits per heavy atom. The fraction of sp³-hybridized carbons (Fsp3) is 0.867. The molecule has 2 atom stereocenters. The van der Waals surface area contributed by atoms with Gasteiger partial charge in [-0.05, 0) is 39.5 Å². The molecule has 5 heteroatoms. The average molecular weight is 285 g/mol. The molecule has 0 aromatic heterocycles. The van der Waals surface area contributed by atoms with Crippen LogP contribution in [-0.4, -0.2) is 28.3 Å². The van der Waals surface area contributed by atoms with E-state index in [1.54, 1.807) is 20.8 Å². The number of rotatable bonds is 4. The Hall–Kier alpha value is -1.26. The lowest BCUT2D eigenvalue weighted by Gasteiger charge is -2.43. The molecule has 2 N–H and O–H groups in total. The van der Waals surface area contributed by atoms with Crippen molar-refractivity contribution in [3.8, 4) is 0 Å². The van der Waals surface area contributed by atoms with Crippen LogP contribution in [0.1, 0.15) is 66.2 Å². The number of hydrogen-bond donors (Lipinski definition) is 2. The molecule has 0 heterocycles. The predicted octanol–water partition coefficient (Wildman–Crippen LogP) is 3.32. The predicted molar refractivity (Wildman–Crippen MR) is 76.6 cm³/mol. The highest BCUT2D eigenvalue weighted by Gasteiger charge is 2.43. The Morgan fingerprint density at radius 3 is 2.50 bits per heavy atom. The van der Waals surface area contributed by atoms with E-state index in [1.165, 1.54) is 0 Å². The molecule has 1 rings (SSSR count). The lowest BCUT2D eigenvalue weighted by atomic mass is 9.69. The zero-order chi connectivity index (χ0) is 15.4. The number of ether oxygens (including phenoxy) is 1. The highest BCUT2D eigenvalue weighted by molar-refractivity contribution is 5.73. The minimum Gasteiger partial charge on any atom is -0.481 e. The lowest BCUT2D eigenvalue weighted by Crippen LogP contribution is -2.57. The van der Waals surface area contributed by atoms with Gasteiger partial charge < -0.3 is 15.2 Å². The van der Waals surface area contributed by atoms with Crippen LogP contribution in [0.4, 0.5) is 4.79 Å². The van der Waals surface area contributed by atoms with Crippen molar-refractivity contribution in [3.05, 3.63) is 0 Å². The molecule has 0 saturated heterocycles. The van der Waals surface area contributed by atoms with E-state index in [9.17, 15) is 14.7 Å². The maximum atomic E-state index is 12.0. The summed E-state index contributed by atoms with van der Waals surface area (Å²) in [6.07, 6.45) is 4.01. The van der Waals surface area contributed by atoms with Crippen LogP contribution in [0.25, 0.3) is 0 Å². The first-order valence-electron chi connectivity index (χ1n) is 7.41. The molecule has 5 nitrogen and oxygen atoms in total. The third-order valence-electron chi connectivity index (χ3n) is 3.92. The Balaban J connectivity index is 2.87. The number of carbonyl (C=O) groups is 2. The molecule has 0 radical (unpaired) electrons. The molecule has 1 fully saturated rings. The lowest BCUT2D eigenvalue weighted by molar-refractivity contribution is -0.139. The normalized spacial score (nSPS) is 26.9. The summed E-state index contributed by atoms with van der Waals surface area (Å²) in [4.78, 5) is 23.3. The number of carboxylic acids is 1.